The molecule has 1 rings (SSSR count). The lowest BCUT2D eigenvalue weighted by Gasteiger charge is -2.06. The van der Waals surface area contributed by atoms with Gasteiger partial charge in [-0.05, 0) is 25.8 Å². The number of hydrogen-bond donors (Lipinski definition) is 2. The lowest BCUT2D eigenvalue weighted by atomic mass is 10.1. The first kappa shape index (κ1) is 17.0. The van der Waals surface area contributed by atoms with Crippen molar-refractivity contribution in [2.45, 2.75) is 20.3 Å². The van der Waals surface area contributed by atoms with Crippen LogP contribution >= 0.6 is 24.0 Å². The van der Waals surface area contributed by atoms with Crippen LogP contribution in [0.3, 0.4) is 0 Å². The Morgan fingerprint density at radius 2 is 2.17 bits per heavy atom. The monoisotopic (exact) mass is 359 g/mol. The van der Waals surface area contributed by atoms with E-state index < -0.39 is 0 Å². The average Bonchev–Trinajstić information content (AvgIpc) is 2.26. The van der Waals surface area contributed by atoms with E-state index in [-0.39, 0.29) is 24.0 Å². The quantitative estimate of drug-likeness (QED) is 0.368. The number of halogens is 1. The van der Waals surface area contributed by atoms with E-state index in [1.54, 1.807) is 0 Å². The first-order valence-electron chi connectivity index (χ1n) is 5.81. The highest BCUT2D eigenvalue weighted by Gasteiger charge is 1.95. The van der Waals surface area contributed by atoms with Crippen LogP contribution in [0, 0.1) is 6.92 Å². The third-order valence-electron chi connectivity index (χ3n) is 2.32. The molecule has 1 aromatic carbocycles. The van der Waals surface area contributed by atoms with E-state index in [2.05, 4.69) is 48.1 Å². The van der Waals surface area contributed by atoms with Crippen molar-refractivity contribution >= 4 is 29.9 Å². The number of hydrogen-bond acceptors (Lipinski definition) is 1. The molecule has 18 heavy (non-hydrogen) atoms. The Kier molecular flexibility index (Phi) is 8.45. The van der Waals surface area contributed by atoms with Gasteiger partial charge in [0.05, 0.1) is 6.54 Å². The summed E-state index contributed by atoms with van der Waals surface area (Å²) in [4.78, 5) is 4.16. The molecule has 0 aliphatic carbocycles. The molecule has 0 heterocycles. The van der Waals surface area contributed by atoms with Crippen LogP contribution in [0.25, 0.3) is 0 Å². The summed E-state index contributed by atoms with van der Waals surface area (Å²) in [6.07, 6.45) is 0.949. The maximum Gasteiger partial charge on any atom is 0.188 e. The molecule has 100 valence electrons. The molecule has 0 saturated carbocycles. The van der Waals surface area contributed by atoms with Gasteiger partial charge >= 0.3 is 0 Å². The highest BCUT2D eigenvalue weighted by molar-refractivity contribution is 14.0. The van der Waals surface area contributed by atoms with Gasteiger partial charge in [-0.2, -0.15) is 0 Å². The normalized spacial score (nSPS) is 10.7. The molecule has 0 aliphatic rings. The summed E-state index contributed by atoms with van der Waals surface area (Å²) >= 11 is 0. The number of aliphatic imine (C=N–C) groups is 1. The standard InChI is InChI=1S/C14H21N3.HI/c1-11(2)10-17-14(15)16-8-7-13-6-4-5-12(3)9-13;/h4-6,9H,1,7-8,10H2,2-3H3,(H3,15,16,17);1H. The van der Waals surface area contributed by atoms with Crippen LogP contribution in [0.2, 0.25) is 0 Å². The lowest BCUT2D eigenvalue weighted by molar-refractivity contribution is 0.852. The highest BCUT2D eigenvalue weighted by Crippen LogP contribution is 2.03. The number of rotatable bonds is 5. The van der Waals surface area contributed by atoms with Gasteiger partial charge in [0.25, 0.3) is 0 Å². The zero-order valence-electron chi connectivity index (χ0n) is 11.1. The number of aryl methyl sites for hydroxylation is 1. The van der Waals surface area contributed by atoms with Crippen molar-refractivity contribution in [1.29, 1.82) is 0 Å². The van der Waals surface area contributed by atoms with Crippen molar-refractivity contribution in [3.63, 3.8) is 0 Å². The van der Waals surface area contributed by atoms with E-state index in [0.29, 0.717) is 12.5 Å². The third-order valence-corrected chi connectivity index (χ3v) is 2.32. The second-order valence-corrected chi connectivity index (χ2v) is 4.32. The second kappa shape index (κ2) is 8.97. The van der Waals surface area contributed by atoms with E-state index in [4.69, 9.17) is 5.73 Å². The minimum Gasteiger partial charge on any atom is -0.370 e. The summed E-state index contributed by atoms with van der Waals surface area (Å²) in [6, 6.07) is 8.47. The van der Waals surface area contributed by atoms with Gasteiger partial charge in [0.2, 0.25) is 0 Å². The second-order valence-electron chi connectivity index (χ2n) is 4.32. The lowest BCUT2D eigenvalue weighted by Crippen LogP contribution is -2.33. The highest BCUT2D eigenvalue weighted by atomic mass is 127. The van der Waals surface area contributed by atoms with Gasteiger partial charge in [0.15, 0.2) is 5.96 Å². The zero-order chi connectivity index (χ0) is 12.7. The van der Waals surface area contributed by atoms with Gasteiger partial charge in [0, 0.05) is 6.54 Å². The maximum atomic E-state index is 5.71. The van der Waals surface area contributed by atoms with Crippen molar-refractivity contribution in [1.82, 2.24) is 5.32 Å². The Morgan fingerprint density at radius 1 is 1.44 bits per heavy atom. The largest absolute Gasteiger partial charge is 0.370 e. The summed E-state index contributed by atoms with van der Waals surface area (Å²) in [7, 11) is 0. The number of benzene rings is 1. The molecule has 3 nitrogen and oxygen atoms in total. The molecular formula is C14H22IN3. The van der Waals surface area contributed by atoms with Crippen LogP contribution in [0.1, 0.15) is 18.1 Å². The van der Waals surface area contributed by atoms with Crippen LogP contribution in [-0.4, -0.2) is 19.0 Å². The number of nitrogens with zero attached hydrogens (tertiary/aromatic N) is 1. The minimum atomic E-state index is 0. The minimum absolute atomic E-state index is 0. The van der Waals surface area contributed by atoms with E-state index >= 15 is 0 Å². The molecular weight excluding hydrogens is 337 g/mol. The molecule has 0 bridgehead atoms. The molecule has 0 atom stereocenters. The van der Waals surface area contributed by atoms with Gasteiger partial charge in [-0.25, -0.2) is 4.99 Å². The number of guanidine groups is 1. The number of nitrogens with one attached hydrogen (secondary N) is 1. The first-order valence-corrected chi connectivity index (χ1v) is 5.81. The van der Waals surface area contributed by atoms with E-state index in [0.717, 1.165) is 18.5 Å². The molecule has 0 unspecified atom stereocenters. The predicted molar refractivity (Wildman–Crippen MR) is 89.6 cm³/mol. The number of nitrogens with two attached hydrogens (primary N) is 1. The fourth-order valence-electron chi connectivity index (χ4n) is 1.48. The molecule has 1 aromatic rings. The van der Waals surface area contributed by atoms with Crippen LogP contribution in [-0.2, 0) is 6.42 Å². The Balaban J connectivity index is 0.00000289. The van der Waals surface area contributed by atoms with Gasteiger partial charge < -0.3 is 11.1 Å². The van der Waals surface area contributed by atoms with E-state index in [1.165, 1.54) is 11.1 Å². The molecule has 0 aromatic heterocycles. The zero-order valence-corrected chi connectivity index (χ0v) is 13.4. The summed E-state index contributed by atoms with van der Waals surface area (Å²) in [6.45, 7) is 9.19. The molecule has 0 fully saturated rings. The van der Waals surface area contributed by atoms with E-state index in [9.17, 15) is 0 Å². The van der Waals surface area contributed by atoms with Crippen LogP contribution in [0.15, 0.2) is 41.4 Å². The fraction of sp³-hybridized carbons (Fsp3) is 0.357. The van der Waals surface area contributed by atoms with Crippen molar-refractivity contribution < 1.29 is 0 Å². The van der Waals surface area contributed by atoms with Crippen LogP contribution < -0.4 is 11.1 Å². The Labute approximate surface area is 127 Å². The van der Waals surface area contributed by atoms with Gasteiger partial charge in [-0.1, -0.05) is 42.0 Å². The SMILES string of the molecule is C=C(C)CN=C(N)NCCc1cccc(C)c1.I. The average molecular weight is 359 g/mol. The Morgan fingerprint density at radius 3 is 2.78 bits per heavy atom. The Bertz CT molecular complexity index is 413. The molecule has 0 amide bonds. The maximum absolute atomic E-state index is 5.71. The van der Waals surface area contributed by atoms with Gasteiger partial charge in [0.1, 0.15) is 0 Å². The molecule has 0 aliphatic heterocycles. The molecule has 0 saturated heterocycles. The summed E-state index contributed by atoms with van der Waals surface area (Å²) in [5.41, 5.74) is 9.32. The van der Waals surface area contributed by atoms with Crippen molar-refractivity contribution in [3.05, 3.63) is 47.5 Å². The molecule has 0 radical (unpaired) electrons. The summed E-state index contributed by atoms with van der Waals surface area (Å²) < 4.78 is 0. The van der Waals surface area contributed by atoms with E-state index in [1.807, 2.05) is 6.92 Å². The van der Waals surface area contributed by atoms with Crippen molar-refractivity contribution in [2.75, 3.05) is 13.1 Å². The summed E-state index contributed by atoms with van der Waals surface area (Å²) in [5.74, 6) is 0.487. The van der Waals surface area contributed by atoms with Gasteiger partial charge in [-0.15, -0.1) is 24.0 Å². The van der Waals surface area contributed by atoms with Gasteiger partial charge in [-0.3, -0.25) is 0 Å². The summed E-state index contributed by atoms with van der Waals surface area (Å²) in [5, 5.41) is 3.09. The fourth-order valence-corrected chi connectivity index (χ4v) is 1.48. The molecule has 4 heteroatoms. The van der Waals surface area contributed by atoms with Crippen LogP contribution in [0.5, 0.6) is 0 Å². The predicted octanol–water partition coefficient (Wildman–Crippen LogP) is 2.64. The first-order chi connectivity index (χ1) is 8.08. The molecule has 3 N–H and O–H groups in total. The Hall–Kier alpha value is -1.04. The third kappa shape index (κ3) is 7.32. The van der Waals surface area contributed by atoms with Crippen molar-refractivity contribution in [3.8, 4) is 0 Å². The smallest absolute Gasteiger partial charge is 0.188 e. The molecule has 0 spiro atoms. The van der Waals surface area contributed by atoms with Crippen molar-refractivity contribution in [2.24, 2.45) is 10.7 Å². The topological polar surface area (TPSA) is 50.4 Å². The van der Waals surface area contributed by atoms with Crippen LogP contribution in [0.4, 0.5) is 0 Å².